The summed E-state index contributed by atoms with van der Waals surface area (Å²) in [5, 5.41) is 0. The molecule has 3 rings (SSSR count). The van der Waals surface area contributed by atoms with Gasteiger partial charge >= 0.3 is 0 Å². The van der Waals surface area contributed by atoms with Gasteiger partial charge in [0.2, 0.25) is 0 Å². The van der Waals surface area contributed by atoms with Crippen molar-refractivity contribution in [2.45, 2.75) is 19.6 Å². The topological polar surface area (TPSA) is 90.0 Å². The van der Waals surface area contributed by atoms with Gasteiger partial charge < -0.3 is 10.5 Å². The number of anilines is 1. The zero-order valence-corrected chi connectivity index (χ0v) is 11.9. The largest absolute Gasteiger partial charge is 0.382 e. The lowest BCUT2D eigenvalue weighted by molar-refractivity contribution is -0.0351. The van der Waals surface area contributed by atoms with E-state index in [0.717, 1.165) is 31.2 Å². The quantitative estimate of drug-likeness (QED) is 0.889. The van der Waals surface area contributed by atoms with E-state index in [4.69, 9.17) is 10.5 Å². The van der Waals surface area contributed by atoms with Gasteiger partial charge in [-0.05, 0) is 13.0 Å². The molecule has 1 unspecified atom stereocenters. The number of rotatable bonds is 3. The zero-order chi connectivity index (χ0) is 14.7. The van der Waals surface area contributed by atoms with Crippen molar-refractivity contribution < 1.29 is 4.74 Å². The smallest absolute Gasteiger partial charge is 0.147 e. The summed E-state index contributed by atoms with van der Waals surface area (Å²) in [6.07, 6.45) is 4.87. The molecule has 0 aromatic carbocycles. The first-order valence-electron chi connectivity index (χ1n) is 6.91. The van der Waals surface area contributed by atoms with E-state index in [2.05, 4.69) is 24.8 Å². The van der Waals surface area contributed by atoms with E-state index in [1.807, 2.05) is 13.0 Å². The van der Waals surface area contributed by atoms with Crippen LogP contribution in [0.2, 0.25) is 0 Å². The van der Waals surface area contributed by atoms with Crippen LogP contribution >= 0.6 is 0 Å². The van der Waals surface area contributed by atoms with Crippen LogP contribution in [0.4, 0.5) is 5.82 Å². The average Bonchev–Trinajstić information content (AvgIpc) is 2.48. The lowest BCUT2D eigenvalue weighted by Gasteiger charge is -2.32. The number of hydrogen-bond donors (Lipinski definition) is 1. The Labute approximate surface area is 123 Å². The van der Waals surface area contributed by atoms with E-state index in [-0.39, 0.29) is 6.10 Å². The third-order valence-electron chi connectivity index (χ3n) is 3.43. The number of nitrogens with two attached hydrogens (primary N) is 1. The van der Waals surface area contributed by atoms with Gasteiger partial charge in [-0.3, -0.25) is 9.88 Å². The van der Waals surface area contributed by atoms with Gasteiger partial charge in [-0.1, -0.05) is 0 Å². The van der Waals surface area contributed by atoms with Crippen molar-refractivity contribution in [3.63, 3.8) is 0 Å². The van der Waals surface area contributed by atoms with E-state index in [1.165, 1.54) is 0 Å². The predicted octanol–water partition coefficient (Wildman–Crippen LogP) is 0.731. The maximum absolute atomic E-state index is 5.88. The van der Waals surface area contributed by atoms with Gasteiger partial charge in [-0.25, -0.2) is 15.0 Å². The van der Waals surface area contributed by atoms with Gasteiger partial charge in [0.1, 0.15) is 23.4 Å². The molecule has 7 heteroatoms. The van der Waals surface area contributed by atoms with Crippen molar-refractivity contribution in [2.24, 2.45) is 0 Å². The van der Waals surface area contributed by atoms with Crippen LogP contribution in [-0.4, -0.2) is 44.5 Å². The summed E-state index contributed by atoms with van der Waals surface area (Å²) in [5.74, 6) is 1.22. The number of ether oxygens (including phenoxy) is 1. The van der Waals surface area contributed by atoms with Crippen LogP contribution in [-0.2, 0) is 11.3 Å². The molecule has 7 nitrogen and oxygen atoms in total. The molecule has 1 fully saturated rings. The minimum atomic E-state index is -0.143. The molecule has 2 aromatic rings. The molecule has 0 radical (unpaired) electrons. The fourth-order valence-electron chi connectivity index (χ4n) is 2.44. The highest BCUT2D eigenvalue weighted by molar-refractivity contribution is 5.35. The highest BCUT2D eigenvalue weighted by atomic mass is 16.5. The molecule has 110 valence electrons. The molecule has 1 saturated heterocycles. The number of hydrogen-bond acceptors (Lipinski definition) is 7. The van der Waals surface area contributed by atoms with E-state index >= 15 is 0 Å². The molecule has 0 aliphatic carbocycles. The van der Waals surface area contributed by atoms with Gasteiger partial charge in [0.05, 0.1) is 12.3 Å². The Hall–Kier alpha value is -2.12. The Balaban J connectivity index is 1.70. The second-order valence-corrected chi connectivity index (χ2v) is 5.02. The Morgan fingerprint density at radius 1 is 1.29 bits per heavy atom. The first kappa shape index (κ1) is 13.8. The van der Waals surface area contributed by atoms with Crippen LogP contribution in [0.5, 0.6) is 0 Å². The number of nitrogens with zero attached hydrogens (tertiary/aromatic N) is 5. The number of aryl methyl sites for hydroxylation is 1. The van der Waals surface area contributed by atoms with Crippen molar-refractivity contribution in [2.75, 3.05) is 25.4 Å². The standard InChI is InChI=1S/C14H18N6O/c1-10-16-3-2-11(19-10)8-20-6-7-21-12(9-20)13-14(15)18-5-4-17-13/h2-5,12H,6-9H2,1H3,(H2,15,18). The molecule has 1 atom stereocenters. The zero-order valence-electron chi connectivity index (χ0n) is 11.9. The first-order chi connectivity index (χ1) is 10.2. The summed E-state index contributed by atoms with van der Waals surface area (Å²) in [4.78, 5) is 19.2. The summed E-state index contributed by atoms with van der Waals surface area (Å²) >= 11 is 0. The molecule has 1 aliphatic rings. The number of morpholine rings is 1. The van der Waals surface area contributed by atoms with Crippen LogP contribution < -0.4 is 5.73 Å². The fourth-order valence-corrected chi connectivity index (χ4v) is 2.44. The Morgan fingerprint density at radius 2 is 2.14 bits per heavy atom. The minimum Gasteiger partial charge on any atom is -0.382 e. The van der Waals surface area contributed by atoms with Crippen LogP contribution in [0.15, 0.2) is 24.7 Å². The Bertz CT molecular complexity index is 620. The molecule has 2 N–H and O–H groups in total. The van der Waals surface area contributed by atoms with Gasteiger partial charge in [0.15, 0.2) is 0 Å². The molecule has 1 aliphatic heterocycles. The van der Waals surface area contributed by atoms with Crippen molar-refractivity contribution in [1.82, 2.24) is 24.8 Å². The van der Waals surface area contributed by atoms with Crippen LogP contribution in [0.25, 0.3) is 0 Å². The van der Waals surface area contributed by atoms with Crippen molar-refractivity contribution in [1.29, 1.82) is 0 Å². The van der Waals surface area contributed by atoms with Crippen molar-refractivity contribution >= 4 is 5.82 Å². The molecule has 0 amide bonds. The summed E-state index contributed by atoms with van der Waals surface area (Å²) in [7, 11) is 0. The number of aromatic nitrogens is 4. The Kier molecular flexibility index (Phi) is 4.03. The molecule has 2 aromatic heterocycles. The van der Waals surface area contributed by atoms with Crippen LogP contribution in [0, 0.1) is 6.92 Å². The van der Waals surface area contributed by atoms with Gasteiger partial charge in [-0.2, -0.15) is 0 Å². The molecule has 0 bridgehead atoms. The molecule has 3 heterocycles. The summed E-state index contributed by atoms with van der Waals surface area (Å²) in [5.41, 5.74) is 7.60. The average molecular weight is 286 g/mol. The van der Waals surface area contributed by atoms with Crippen LogP contribution in [0.3, 0.4) is 0 Å². The van der Waals surface area contributed by atoms with Crippen molar-refractivity contribution in [3.05, 3.63) is 41.9 Å². The SMILES string of the molecule is Cc1nccc(CN2CCOC(c3nccnc3N)C2)n1. The van der Waals surface area contributed by atoms with Crippen LogP contribution in [0.1, 0.15) is 23.3 Å². The number of nitrogen functional groups attached to an aromatic ring is 1. The summed E-state index contributed by atoms with van der Waals surface area (Å²) in [6, 6.07) is 1.94. The molecule has 0 spiro atoms. The maximum atomic E-state index is 5.88. The van der Waals surface area contributed by atoms with Gasteiger partial charge in [-0.15, -0.1) is 0 Å². The van der Waals surface area contributed by atoms with E-state index in [1.54, 1.807) is 18.6 Å². The fraction of sp³-hybridized carbons (Fsp3) is 0.429. The molecular weight excluding hydrogens is 268 g/mol. The lowest BCUT2D eigenvalue weighted by atomic mass is 10.2. The lowest BCUT2D eigenvalue weighted by Crippen LogP contribution is -2.38. The van der Waals surface area contributed by atoms with E-state index in [0.29, 0.717) is 18.1 Å². The van der Waals surface area contributed by atoms with E-state index < -0.39 is 0 Å². The third-order valence-corrected chi connectivity index (χ3v) is 3.43. The maximum Gasteiger partial charge on any atom is 0.147 e. The second-order valence-electron chi connectivity index (χ2n) is 5.02. The van der Waals surface area contributed by atoms with Gasteiger partial charge in [0.25, 0.3) is 0 Å². The highest BCUT2D eigenvalue weighted by Crippen LogP contribution is 2.24. The summed E-state index contributed by atoms with van der Waals surface area (Å²) in [6.45, 7) is 4.89. The molecular formula is C14H18N6O. The molecule has 21 heavy (non-hydrogen) atoms. The van der Waals surface area contributed by atoms with Gasteiger partial charge in [0, 0.05) is 38.2 Å². The minimum absolute atomic E-state index is 0.143. The third kappa shape index (κ3) is 3.32. The van der Waals surface area contributed by atoms with Crippen molar-refractivity contribution in [3.8, 4) is 0 Å². The predicted molar refractivity (Wildman–Crippen MR) is 77.2 cm³/mol. The highest BCUT2D eigenvalue weighted by Gasteiger charge is 2.25. The van der Waals surface area contributed by atoms with E-state index in [9.17, 15) is 0 Å². The Morgan fingerprint density at radius 3 is 2.95 bits per heavy atom. The first-order valence-corrected chi connectivity index (χ1v) is 6.91. The monoisotopic (exact) mass is 286 g/mol. The normalized spacial score (nSPS) is 19.6. The second kappa shape index (κ2) is 6.11. The summed E-state index contributed by atoms with van der Waals surface area (Å²) < 4.78 is 5.78. The molecule has 0 saturated carbocycles.